The molecule has 1 aliphatic rings. The second-order valence-corrected chi connectivity index (χ2v) is 5.64. The van der Waals surface area contributed by atoms with Crippen LogP contribution in [0.2, 0.25) is 0 Å². The maximum atomic E-state index is 12.1. The number of likely N-dealkylation sites (tertiary alicyclic amines) is 1. The van der Waals surface area contributed by atoms with Gasteiger partial charge in [0.1, 0.15) is 6.04 Å². The number of carbonyl (C=O) groups excluding carboxylic acids is 1. The summed E-state index contributed by atoms with van der Waals surface area (Å²) in [5.41, 5.74) is 0.933. The fourth-order valence-electron chi connectivity index (χ4n) is 2.25. The number of amides is 1. The summed E-state index contributed by atoms with van der Waals surface area (Å²) >= 11 is 2.20. The zero-order valence-corrected chi connectivity index (χ0v) is 12.0. The quantitative estimate of drug-likeness (QED) is 0.839. The third-order valence-corrected chi connectivity index (χ3v) is 3.77. The van der Waals surface area contributed by atoms with Gasteiger partial charge in [-0.25, -0.2) is 4.79 Å². The Bertz CT molecular complexity index is 475. The predicted octanol–water partition coefficient (Wildman–Crippen LogP) is 1.91. The van der Waals surface area contributed by atoms with Crippen LogP contribution in [0.25, 0.3) is 0 Å². The molecular formula is C13H14INO3. The summed E-state index contributed by atoms with van der Waals surface area (Å²) in [5, 5.41) is 9.05. The van der Waals surface area contributed by atoms with Crippen LogP contribution in [0.15, 0.2) is 24.3 Å². The highest BCUT2D eigenvalue weighted by atomic mass is 127. The van der Waals surface area contributed by atoms with Gasteiger partial charge in [-0.2, -0.15) is 0 Å². The molecule has 1 fully saturated rings. The monoisotopic (exact) mass is 359 g/mol. The third kappa shape index (κ3) is 3.01. The second-order valence-electron chi connectivity index (χ2n) is 4.39. The summed E-state index contributed by atoms with van der Waals surface area (Å²) in [6.07, 6.45) is 1.61. The molecule has 4 nitrogen and oxygen atoms in total. The summed E-state index contributed by atoms with van der Waals surface area (Å²) in [4.78, 5) is 24.6. The van der Waals surface area contributed by atoms with Gasteiger partial charge in [-0.05, 0) is 53.1 Å². The number of halogens is 1. The fraction of sp³-hybridized carbons (Fsp3) is 0.385. The molecule has 0 aliphatic carbocycles. The van der Waals surface area contributed by atoms with Crippen molar-refractivity contribution in [2.75, 3.05) is 6.54 Å². The van der Waals surface area contributed by atoms with E-state index in [1.165, 1.54) is 4.90 Å². The van der Waals surface area contributed by atoms with Crippen LogP contribution >= 0.6 is 22.6 Å². The minimum Gasteiger partial charge on any atom is -0.480 e. The SMILES string of the molecule is O=C(O)[C@@H]1CCCN1C(=O)Cc1cccc(I)c1. The molecule has 0 bridgehead atoms. The van der Waals surface area contributed by atoms with E-state index in [9.17, 15) is 9.59 Å². The smallest absolute Gasteiger partial charge is 0.326 e. The van der Waals surface area contributed by atoms with Crippen molar-refractivity contribution in [1.82, 2.24) is 4.90 Å². The van der Waals surface area contributed by atoms with Crippen molar-refractivity contribution in [3.8, 4) is 0 Å². The first-order valence-corrected chi connectivity index (χ1v) is 6.92. The molecule has 96 valence electrons. The summed E-state index contributed by atoms with van der Waals surface area (Å²) in [7, 11) is 0. The van der Waals surface area contributed by atoms with Gasteiger partial charge in [-0.15, -0.1) is 0 Å². The van der Waals surface area contributed by atoms with Crippen LogP contribution < -0.4 is 0 Å². The van der Waals surface area contributed by atoms with Gasteiger partial charge in [0.15, 0.2) is 0 Å². The van der Waals surface area contributed by atoms with E-state index in [2.05, 4.69) is 22.6 Å². The van der Waals surface area contributed by atoms with E-state index < -0.39 is 12.0 Å². The summed E-state index contributed by atoms with van der Waals surface area (Å²) in [6, 6.07) is 7.07. The van der Waals surface area contributed by atoms with E-state index in [1.807, 2.05) is 24.3 Å². The molecule has 1 aromatic rings. The first-order chi connectivity index (χ1) is 8.58. The largest absolute Gasteiger partial charge is 0.480 e. The Morgan fingerprint density at radius 1 is 1.44 bits per heavy atom. The number of carboxylic acid groups (broad SMARTS) is 1. The molecule has 0 unspecified atom stereocenters. The summed E-state index contributed by atoms with van der Waals surface area (Å²) < 4.78 is 1.08. The lowest BCUT2D eigenvalue weighted by molar-refractivity contribution is -0.148. The van der Waals surface area contributed by atoms with Crippen LogP contribution in [-0.4, -0.2) is 34.5 Å². The number of hydrogen-bond donors (Lipinski definition) is 1. The van der Waals surface area contributed by atoms with E-state index in [-0.39, 0.29) is 12.3 Å². The Morgan fingerprint density at radius 3 is 2.89 bits per heavy atom. The number of rotatable bonds is 3. The zero-order chi connectivity index (χ0) is 13.1. The number of aliphatic carboxylic acids is 1. The van der Waals surface area contributed by atoms with Crippen molar-refractivity contribution in [2.24, 2.45) is 0 Å². The summed E-state index contributed by atoms with van der Waals surface area (Å²) in [5.74, 6) is -0.995. The molecule has 1 aromatic carbocycles. The van der Waals surface area contributed by atoms with E-state index in [0.29, 0.717) is 13.0 Å². The van der Waals surface area contributed by atoms with E-state index in [1.54, 1.807) is 0 Å². The molecule has 0 saturated carbocycles. The number of nitrogens with zero attached hydrogens (tertiary/aromatic N) is 1. The molecule has 18 heavy (non-hydrogen) atoms. The molecule has 1 amide bonds. The zero-order valence-electron chi connectivity index (χ0n) is 9.80. The minimum atomic E-state index is -0.900. The highest BCUT2D eigenvalue weighted by molar-refractivity contribution is 14.1. The number of benzene rings is 1. The molecule has 2 rings (SSSR count). The van der Waals surface area contributed by atoms with Gasteiger partial charge in [0, 0.05) is 10.1 Å². The lowest BCUT2D eigenvalue weighted by atomic mass is 10.1. The molecule has 1 atom stereocenters. The van der Waals surface area contributed by atoms with Crippen molar-refractivity contribution in [2.45, 2.75) is 25.3 Å². The topological polar surface area (TPSA) is 57.6 Å². The lowest BCUT2D eigenvalue weighted by Crippen LogP contribution is -2.41. The van der Waals surface area contributed by atoms with Gasteiger partial charge in [0.05, 0.1) is 6.42 Å². The van der Waals surface area contributed by atoms with Gasteiger partial charge >= 0.3 is 5.97 Å². The van der Waals surface area contributed by atoms with Crippen LogP contribution in [-0.2, 0) is 16.0 Å². The molecule has 1 heterocycles. The maximum absolute atomic E-state index is 12.1. The van der Waals surface area contributed by atoms with Crippen molar-refractivity contribution in [1.29, 1.82) is 0 Å². The van der Waals surface area contributed by atoms with Crippen LogP contribution in [0.1, 0.15) is 18.4 Å². The van der Waals surface area contributed by atoms with E-state index >= 15 is 0 Å². The van der Waals surface area contributed by atoms with Gasteiger partial charge in [-0.1, -0.05) is 12.1 Å². The van der Waals surface area contributed by atoms with Crippen molar-refractivity contribution < 1.29 is 14.7 Å². The lowest BCUT2D eigenvalue weighted by Gasteiger charge is -2.21. The molecule has 0 aromatic heterocycles. The fourth-order valence-corrected chi connectivity index (χ4v) is 2.85. The van der Waals surface area contributed by atoms with Gasteiger partial charge in [0.2, 0.25) is 5.91 Å². The minimum absolute atomic E-state index is 0.0955. The van der Waals surface area contributed by atoms with Crippen LogP contribution in [0.3, 0.4) is 0 Å². The van der Waals surface area contributed by atoms with Gasteiger partial charge in [0.25, 0.3) is 0 Å². The Morgan fingerprint density at radius 2 is 2.22 bits per heavy atom. The first-order valence-electron chi connectivity index (χ1n) is 5.84. The molecule has 1 saturated heterocycles. The molecule has 5 heteroatoms. The molecule has 1 aliphatic heterocycles. The maximum Gasteiger partial charge on any atom is 0.326 e. The second kappa shape index (κ2) is 5.69. The normalized spacial score (nSPS) is 18.9. The first kappa shape index (κ1) is 13.3. The van der Waals surface area contributed by atoms with Crippen molar-refractivity contribution >= 4 is 34.5 Å². The third-order valence-electron chi connectivity index (χ3n) is 3.10. The highest BCUT2D eigenvalue weighted by Crippen LogP contribution is 2.19. The Balaban J connectivity index is 2.06. The highest BCUT2D eigenvalue weighted by Gasteiger charge is 2.33. The number of hydrogen-bond acceptors (Lipinski definition) is 2. The Kier molecular flexibility index (Phi) is 4.21. The standard InChI is InChI=1S/C13H14INO3/c14-10-4-1-3-9(7-10)8-12(16)15-6-2-5-11(15)13(17)18/h1,3-4,7,11H,2,5-6,8H2,(H,17,18)/t11-/m0/s1. The number of carboxylic acids is 1. The molecule has 1 N–H and O–H groups in total. The van der Waals surface area contributed by atoms with E-state index in [4.69, 9.17) is 5.11 Å². The van der Waals surface area contributed by atoms with Crippen LogP contribution in [0, 0.1) is 3.57 Å². The van der Waals surface area contributed by atoms with Crippen molar-refractivity contribution in [3.05, 3.63) is 33.4 Å². The predicted molar refractivity (Wildman–Crippen MR) is 75.2 cm³/mol. The Labute approximate surface area is 119 Å². The number of carbonyl (C=O) groups is 2. The average molecular weight is 359 g/mol. The molecule has 0 spiro atoms. The van der Waals surface area contributed by atoms with Gasteiger partial charge < -0.3 is 10.0 Å². The average Bonchev–Trinajstić information content (AvgIpc) is 2.77. The van der Waals surface area contributed by atoms with Crippen molar-refractivity contribution in [3.63, 3.8) is 0 Å². The molecule has 0 radical (unpaired) electrons. The Hall–Kier alpha value is -1.11. The van der Waals surface area contributed by atoms with Crippen LogP contribution in [0.5, 0.6) is 0 Å². The van der Waals surface area contributed by atoms with E-state index in [0.717, 1.165) is 15.6 Å². The van der Waals surface area contributed by atoms with Gasteiger partial charge in [-0.3, -0.25) is 4.79 Å². The summed E-state index contributed by atoms with van der Waals surface area (Å²) in [6.45, 7) is 0.555. The molecular weight excluding hydrogens is 345 g/mol. The van der Waals surface area contributed by atoms with Crippen LogP contribution in [0.4, 0.5) is 0 Å².